The molecular weight excluding hydrogens is 480 g/mol. The van der Waals surface area contributed by atoms with Crippen molar-refractivity contribution in [2.75, 3.05) is 0 Å². The van der Waals surface area contributed by atoms with Crippen LogP contribution in [-0.2, 0) is 0 Å². The number of benzene rings is 2. The molecule has 1 N–H and O–H groups in total. The molecule has 1 heterocycles. The van der Waals surface area contributed by atoms with Gasteiger partial charge in [-0.15, -0.1) is 11.3 Å². The smallest absolute Gasteiger partial charge is 0.269 e. The molecule has 31 heavy (non-hydrogen) atoms. The number of halogens is 1. The summed E-state index contributed by atoms with van der Waals surface area (Å²) in [4.78, 5) is 16.3. The Balaban J connectivity index is 1.78. The molecule has 0 radical (unpaired) electrons. The van der Waals surface area contributed by atoms with E-state index in [1.54, 1.807) is 41.2 Å². The predicted molar refractivity (Wildman–Crippen MR) is 126 cm³/mol. The van der Waals surface area contributed by atoms with E-state index in [2.05, 4.69) is 21.0 Å². The third-order valence-electron chi connectivity index (χ3n) is 5.23. The molecule has 0 saturated heterocycles. The molecule has 0 atom stereocenters. The summed E-state index contributed by atoms with van der Waals surface area (Å²) >= 11 is 4.91. The van der Waals surface area contributed by atoms with Crippen LogP contribution in [0.2, 0.25) is 0 Å². The van der Waals surface area contributed by atoms with Crippen LogP contribution in [0.4, 0.5) is 5.69 Å². The highest BCUT2D eigenvalue weighted by Gasteiger charge is 2.15. The molecule has 0 amide bonds. The number of non-ortho nitro benzene ring substituents is 1. The van der Waals surface area contributed by atoms with Gasteiger partial charge in [0.2, 0.25) is 4.80 Å². The highest BCUT2D eigenvalue weighted by Crippen LogP contribution is 2.25. The van der Waals surface area contributed by atoms with E-state index in [4.69, 9.17) is 4.99 Å². The van der Waals surface area contributed by atoms with Crippen molar-refractivity contribution in [3.05, 3.63) is 72.8 Å². The van der Waals surface area contributed by atoms with Crippen molar-refractivity contribution < 1.29 is 10.0 Å². The average Bonchev–Trinajstić information content (AvgIpc) is 3.17. The summed E-state index contributed by atoms with van der Waals surface area (Å²) in [6, 6.07) is 11.8. The Kier molecular flexibility index (Phi) is 6.62. The average molecular weight is 501 g/mol. The quantitative estimate of drug-likeness (QED) is 0.276. The standard InChI is InChI=1S/C22H21BrN4O3S/c23-17-8-11-21(28)16(12-17)13-24-26-20(15-6-9-19(10-7-15)27(29)30)14-31-22(26)25-18-4-2-1-3-5-18/h6-14,18,28H,1-5H2. The van der Waals surface area contributed by atoms with Gasteiger partial charge in [0.1, 0.15) is 5.75 Å². The minimum Gasteiger partial charge on any atom is -0.507 e. The third-order valence-corrected chi connectivity index (χ3v) is 6.55. The van der Waals surface area contributed by atoms with Crippen LogP contribution in [0.1, 0.15) is 37.7 Å². The first-order valence-electron chi connectivity index (χ1n) is 10.0. The zero-order chi connectivity index (χ0) is 21.8. The predicted octanol–water partition coefficient (Wildman–Crippen LogP) is 5.71. The van der Waals surface area contributed by atoms with Gasteiger partial charge in [0, 0.05) is 33.1 Å². The summed E-state index contributed by atoms with van der Waals surface area (Å²) in [6.45, 7) is 0. The molecule has 4 rings (SSSR count). The number of phenolic OH excluding ortho intramolecular Hbond substituents is 1. The monoisotopic (exact) mass is 500 g/mol. The van der Waals surface area contributed by atoms with E-state index in [1.807, 2.05) is 5.38 Å². The van der Waals surface area contributed by atoms with E-state index >= 15 is 0 Å². The molecule has 1 aliphatic rings. The second-order valence-corrected chi connectivity index (χ2v) is 9.14. The number of nitro groups is 1. The lowest BCUT2D eigenvalue weighted by Gasteiger charge is -2.16. The number of hydrogen-bond donors (Lipinski definition) is 1. The maximum Gasteiger partial charge on any atom is 0.269 e. The maximum atomic E-state index is 11.0. The molecule has 3 aromatic rings. The first-order chi connectivity index (χ1) is 15.0. The Labute approximate surface area is 191 Å². The number of thiazole rings is 1. The summed E-state index contributed by atoms with van der Waals surface area (Å²) in [5.41, 5.74) is 2.22. The van der Waals surface area contributed by atoms with Crippen LogP contribution in [-0.4, -0.2) is 27.0 Å². The fourth-order valence-electron chi connectivity index (χ4n) is 3.57. The molecule has 0 aliphatic heterocycles. The Morgan fingerprint density at radius 1 is 1.16 bits per heavy atom. The number of nitro benzene ring substituents is 1. The molecular formula is C22H21BrN4O3S. The van der Waals surface area contributed by atoms with Crippen LogP contribution < -0.4 is 4.80 Å². The first-order valence-corrected chi connectivity index (χ1v) is 11.7. The number of phenols is 1. The Hall–Kier alpha value is -2.78. The number of nitrogens with zero attached hydrogens (tertiary/aromatic N) is 4. The second kappa shape index (κ2) is 9.57. The number of rotatable bonds is 5. The zero-order valence-electron chi connectivity index (χ0n) is 16.6. The molecule has 1 fully saturated rings. The Morgan fingerprint density at radius 3 is 2.61 bits per heavy atom. The fourth-order valence-corrected chi connectivity index (χ4v) is 4.85. The van der Waals surface area contributed by atoms with Crippen LogP contribution >= 0.6 is 27.3 Å². The van der Waals surface area contributed by atoms with Crippen molar-refractivity contribution >= 4 is 39.2 Å². The zero-order valence-corrected chi connectivity index (χ0v) is 19.1. The van der Waals surface area contributed by atoms with Crippen molar-refractivity contribution in [1.82, 2.24) is 4.68 Å². The maximum absolute atomic E-state index is 11.0. The van der Waals surface area contributed by atoms with Crippen LogP contribution in [0.15, 0.2) is 62.4 Å². The summed E-state index contributed by atoms with van der Waals surface area (Å²) in [7, 11) is 0. The highest BCUT2D eigenvalue weighted by atomic mass is 79.9. The van der Waals surface area contributed by atoms with Crippen LogP contribution in [0.25, 0.3) is 11.3 Å². The van der Waals surface area contributed by atoms with Crippen LogP contribution in [0.3, 0.4) is 0 Å². The highest BCUT2D eigenvalue weighted by molar-refractivity contribution is 9.10. The first kappa shape index (κ1) is 21.5. The SMILES string of the molecule is O=[N+]([O-])c1ccc(-c2csc(=NC3CCCCC3)n2N=Cc2cc(Br)ccc2O)cc1. The van der Waals surface area contributed by atoms with Crippen molar-refractivity contribution in [2.45, 2.75) is 38.1 Å². The van der Waals surface area contributed by atoms with Gasteiger partial charge in [-0.1, -0.05) is 35.2 Å². The van der Waals surface area contributed by atoms with E-state index in [-0.39, 0.29) is 17.5 Å². The molecule has 9 heteroatoms. The van der Waals surface area contributed by atoms with Gasteiger partial charge in [-0.3, -0.25) is 15.1 Å². The Bertz CT molecular complexity index is 1180. The van der Waals surface area contributed by atoms with Gasteiger partial charge < -0.3 is 5.11 Å². The fraction of sp³-hybridized carbons (Fsp3) is 0.273. The minimum absolute atomic E-state index is 0.0419. The molecule has 0 bridgehead atoms. The Morgan fingerprint density at radius 2 is 1.90 bits per heavy atom. The summed E-state index contributed by atoms with van der Waals surface area (Å²) < 4.78 is 2.59. The largest absolute Gasteiger partial charge is 0.507 e. The normalized spacial score (nSPS) is 15.6. The van der Waals surface area contributed by atoms with Crippen LogP contribution in [0.5, 0.6) is 5.75 Å². The summed E-state index contributed by atoms with van der Waals surface area (Å²) in [6.07, 6.45) is 7.36. The van der Waals surface area contributed by atoms with E-state index in [9.17, 15) is 15.2 Å². The summed E-state index contributed by atoms with van der Waals surface area (Å²) in [5, 5.41) is 27.7. The molecule has 160 valence electrons. The van der Waals surface area contributed by atoms with Crippen molar-refractivity contribution in [3.63, 3.8) is 0 Å². The number of hydrogen-bond acceptors (Lipinski definition) is 6. The molecule has 2 aromatic carbocycles. The molecule has 1 aromatic heterocycles. The lowest BCUT2D eigenvalue weighted by atomic mass is 9.96. The molecule has 1 saturated carbocycles. The topological polar surface area (TPSA) is 93.0 Å². The van der Waals surface area contributed by atoms with E-state index in [0.29, 0.717) is 5.56 Å². The van der Waals surface area contributed by atoms with Gasteiger partial charge in [-0.25, -0.2) is 4.68 Å². The van der Waals surface area contributed by atoms with Gasteiger partial charge in [-0.2, -0.15) is 5.10 Å². The molecule has 1 aliphatic carbocycles. The van der Waals surface area contributed by atoms with Crippen LogP contribution in [0, 0.1) is 10.1 Å². The van der Waals surface area contributed by atoms with Crippen molar-refractivity contribution in [2.24, 2.45) is 10.1 Å². The lowest BCUT2D eigenvalue weighted by Crippen LogP contribution is -2.19. The lowest BCUT2D eigenvalue weighted by molar-refractivity contribution is -0.384. The second-order valence-electron chi connectivity index (χ2n) is 7.39. The van der Waals surface area contributed by atoms with E-state index in [0.717, 1.165) is 33.4 Å². The van der Waals surface area contributed by atoms with Crippen molar-refractivity contribution in [3.8, 4) is 17.0 Å². The van der Waals surface area contributed by atoms with E-state index in [1.165, 1.54) is 42.7 Å². The van der Waals surface area contributed by atoms with Gasteiger partial charge >= 0.3 is 0 Å². The number of aromatic hydroxyl groups is 1. The van der Waals surface area contributed by atoms with Gasteiger partial charge in [-0.05, 0) is 43.2 Å². The van der Waals surface area contributed by atoms with Gasteiger partial charge in [0.05, 0.1) is 22.9 Å². The summed E-state index contributed by atoms with van der Waals surface area (Å²) in [5.74, 6) is 0.130. The van der Waals surface area contributed by atoms with E-state index < -0.39 is 4.92 Å². The van der Waals surface area contributed by atoms with Crippen molar-refractivity contribution in [1.29, 1.82) is 0 Å². The van der Waals surface area contributed by atoms with Gasteiger partial charge in [0.25, 0.3) is 5.69 Å². The molecule has 0 spiro atoms. The molecule has 0 unspecified atom stereocenters. The third kappa shape index (κ3) is 5.11. The number of aromatic nitrogens is 1. The molecule has 7 nitrogen and oxygen atoms in total. The minimum atomic E-state index is -0.413. The van der Waals surface area contributed by atoms with Gasteiger partial charge in [0.15, 0.2) is 0 Å².